The van der Waals surface area contributed by atoms with Gasteiger partial charge in [0.15, 0.2) is 18.2 Å². The highest BCUT2D eigenvalue weighted by Crippen LogP contribution is 2.17. The molecule has 0 aliphatic rings. The molecule has 24 heavy (non-hydrogen) atoms. The van der Waals surface area contributed by atoms with Crippen molar-refractivity contribution < 1.29 is 23.1 Å². The second-order valence-electron chi connectivity index (χ2n) is 5.18. The molecular weight excluding hydrogens is 318 g/mol. The summed E-state index contributed by atoms with van der Waals surface area (Å²) < 4.78 is 31.0. The zero-order valence-electron chi connectivity index (χ0n) is 13.2. The number of aryl methyl sites for hydroxylation is 2. The van der Waals surface area contributed by atoms with Crippen molar-refractivity contribution in [1.29, 1.82) is 0 Å². The quantitative estimate of drug-likeness (QED) is 0.901. The number of hydrogen-bond donors (Lipinski definition) is 2. The van der Waals surface area contributed by atoms with Crippen LogP contribution in [0.25, 0.3) is 0 Å². The van der Waals surface area contributed by atoms with E-state index in [0.29, 0.717) is 11.8 Å². The minimum Gasteiger partial charge on any atom is -0.481 e. The molecule has 5 nitrogen and oxygen atoms in total. The first-order valence-corrected chi connectivity index (χ1v) is 7.11. The molecule has 0 heterocycles. The smallest absolute Gasteiger partial charge is 0.325 e. The van der Waals surface area contributed by atoms with Crippen LogP contribution < -0.4 is 15.4 Å². The summed E-state index contributed by atoms with van der Waals surface area (Å²) in [7, 11) is 0. The number of benzene rings is 2. The lowest BCUT2D eigenvalue weighted by atomic mass is 10.1. The molecule has 0 aliphatic heterocycles. The average molecular weight is 334 g/mol. The Bertz CT molecular complexity index is 778. The van der Waals surface area contributed by atoms with E-state index in [9.17, 15) is 18.4 Å². The second-order valence-corrected chi connectivity index (χ2v) is 5.18. The molecule has 7 heteroatoms. The number of carbonyl (C=O) groups is 2. The van der Waals surface area contributed by atoms with Gasteiger partial charge in [-0.25, -0.2) is 13.6 Å². The molecule has 0 radical (unpaired) electrons. The number of nitrogens with one attached hydrogen (secondary N) is 2. The van der Waals surface area contributed by atoms with Crippen molar-refractivity contribution in [2.45, 2.75) is 13.8 Å². The second kappa shape index (κ2) is 7.54. The summed E-state index contributed by atoms with van der Waals surface area (Å²) in [6, 6.07) is 7.41. The van der Waals surface area contributed by atoms with E-state index >= 15 is 0 Å². The first-order valence-electron chi connectivity index (χ1n) is 7.11. The van der Waals surface area contributed by atoms with Gasteiger partial charge in [0.1, 0.15) is 5.82 Å². The summed E-state index contributed by atoms with van der Waals surface area (Å²) >= 11 is 0. The standard InChI is InChI=1S/C17H16F2N2O3/c1-10-3-5-14(11(2)7-10)20-17(23)21-16(22)9-24-15-6-4-12(18)8-13(15)19/h3-8H,9H2,1-2H3,(H2,20,21,22,23). The van der Waals surface area contributed by atoms with Gasteiger partial charge in [0.05, 0.1) is 0 Å². The van der Waals surface area contributed by atoms with Crippen LogP contribution in [0, 0.1) is 25.5 Å². The van der Waals surface area contributed by atoms with E-state index in [1.807, 2.05) is 26.0 Å². The van der Waals surface area contributed by atoms with Crippen LogP contribution in [0.3, 0.4) is 0 Å². The van der Waals surface area contributed by atoms with Crippen molar-refractivity contribution in [2.24, 2.45) is 0 Å². The predicted octanol–water partition coefficient (Wildman–Crippen LogP) is 3.31. The number of rotatable bonds is 4. The normalized spacial score (nSPS) is 10.2. The summed E-state index contributed by atoms with van der Waals surface area (Å²) in [5, 5.41) is 4.60. The van der Waals surface area contributed by atoms with Crippen LogP contribution >= 0.6 is 0 Å². The molecule has 0 bridgehead atoms. The third-order valence-corrected chi connectivity index (χ3v) is 3.14. The van der Waals surface area contributed by atoms with Gasteiger partial charge < -0.3 is 10.1 Å². The maximum atomic E-state index is 13.4. The number of hydrogen-bond acceptors (Lipinski definition) is 3. The van der Waals surface area contributed by atoms with Gasteiger partial charge >= 0.3 is 6.03 Å². The lowest BCUT2D eigenvalue weighted by Crippen LogP contribution is -2.37. The van der Waals surface area contributed by atoms with Crippen LogP contribution in [-0.4, -0.2) is 18.5 Å². The largest absolute Gasteiger partial charge is 0.481 e. The van der Waals surface area contributed by atoms with Gasteiger partial charge in [-0.2, -0.15) is 0 Å². The Balaban J connectivity index is 1.86. The first-order chi connectivity index (χ1) is 11.3. The lowest BCUT2D eigenvalue weighted by Gasteiger charge is -2.10. The fraction of sp³-hybridized carbons (Fsp3) is 0.176. The van der Waals surface area contributed by atoms with E-state index in [1.54, 1.807) is 6.07 Å². The molecular formula is C17H16F2N2O3. The van der Waals surface area contributed by atoms with Crippen LogP contribution in [0.1, 0.15) is 11.1 Å². The molecule has 2 rings (SSSR count). The highest BCUT2D eigenvalue weighted by atomic mass is 19.1. The van der Waals surface area contributed by atoms with E-state index in [-0.39, 0.29) is 5.75 Å². The number of urea groups is 1. The SMILES string of the molecule is Cc1ccc(NC(=O)NC(=O)COc2ccc(F)cc2F)c(C)c1. The number of halogens is 2. The number of imide groups is 1. The molecule has 0 saturated carbocycles. The fourth-order valence-electron chi connectivity index (χ4n) is 2.01. The third-order valence-electron chi connectivity index (χ3n) is 3.14. The molecule has 0 saturated heterocycles. The molecule has 0 aromatic heterocycles. The molecule has 3 amide bonds. The number of ether oxygens (including phenoxy) is 1. The summed E-state index contributed by atoms with van der Waals surface area (Å²) in [4.78, 5) is 23.4. The van der Waals surface area contributed by atoms with Crippen molar-refractivity contribution in [2.75, 3.05) is 11.9 Å². The monoisotopic (exact) mass is 334 g/mol. The van der Waals surface area contributed by atoms with Crippen molar-refractivity contribution in [3.63, 3.8) is 0 Å². The molecule has 2 N–H and O–H groups in total. The van der Waals surface area contributed by atoms with Crippen LogP contribution in [0.2, 0.25) is 0 Å². The van der Waals surface area contributed by atoms with Crippen LogP contribution in [-0.2, 0) is 4.79 Å². The molecule has 0 spiro atoms. The number of amides is 3. The zero-order valence-corrected chi connectivity index (χ0v) is 13.2. The Kier molecular flexibility index (Phi) is 5.47. The Hall–Kier alpha value is -2.96. The van der Waals surface area contributed by atoms with Gasteiger partial charge in [-0.15, -0.1) is 0 Å². The van der Waals surface area contributed by atoms with Gasteiger partial charge in [0.2, 0.25) is 0 Å². The van der Waals surface area contributed by atoms with E-state index in [1.165, 1.54) is 0 Å². The lowest BCUT2D eigenvalue weighted by molar-refractivity contribution is -0.121. The van der Waals surface area contributed by atoms with E-state index in [0.717, 1.165) is 23.3 Å². The molecule has 0 aliphatic carbocycles. The number of carbonyl (C=O) groups excluding carboxylic acids is 2. The first kappa shape index (κ1) is 17.4. The van der Waals surface area contributed by atoms with Gasteiger partial charge in [-0.1, -0.05) is 17.7 Å². The maximum Gasteiger partial charge on any atom is 0.325 e. The van der Waals surface area contributed by atoms with E-state index in [2.05, 4.69) is 10.6 Å². The summed E-state index contributed by atoms with van der Waals surface area (Å²) in [5.74, 6) is -2.72. The molecule has 126 valence electrons. The average Bonchev–Trinajstić information content (AvgIpc) is 2.49. The number of anilines is 1. The van der Waals surface area contributed by atoms with Crippen LogP contribution in [0.15, 0.2) is 36.4 Å². The van der Waals surface area contributed by atoms with Crippen molar-refractivity contribution in [3.05, 3.63) is 59.2 Å². The molecule has 2 aromatic carbocycles. The summed E-state index contributed by atoms with van der Waals surface area (Å²) in [6.07, 6.45) is 0. The van der Waals surface area contributed by atoms with Crippen molar-refractivity contribution in [1.82, 2.24) is 5.32 Å². The molecule has 0 atom stereocenters. The molecule has 0 unspecified atom stereocenters. The molecule has 0 fully saturated rings. The Morgan fingerprint density at radius 1 is 1.08 bits per heavy atom. The Morgan fingerprint density at radius 2 is 1.83 bits per heavy atom. The van der Waals surface area contributed by atoms with Crippen molar-refractivity contribution >= 4 is 17.6 Å². The molecule has 2 aromatic rings. The van der Waals surface area contributed by atoms with Gasteiger partial charge in [0, 0.05) is 11.8 Å². The van der Waals surface area contributed by atoms with E-state index in [4.69, 9.17) is 4.74 Å². The minimum atomic E-state index is -0.928. The van der Waals surface area contributed by atoms with E-state index < -0.39 is 30.2 Å². The van der Waals surface area contributed by atoms with Crippen molar-refractivity contribution in [3.8, 4) is 5.75 Å². The van der Waals surface area contributed by atoms with Gasteiger partial charge in [0.25, 0.3) is 5.91 Å². The predicted molar refractivity (Wildman–Crippen MR) is 84.9 cm³/mol. The zero-order chi connectivity index (χ0) is 17.7. The van der Waals surface area contributed by atoms with Crippen LogP contribution in [0.5, 0.6) is 5.75 Å². The topological polar surface area (TPSA) is 67.4 Å². The summed E-state index contributed by atoms with van der Waals surface area (Å²) in [6.45, 7) is 3.17. The fourth-order valence-corrected chi connectivity index (χ4v) is 2.01. The summed E-state index contributed by atoms with van der Waals surface area (Å²) in [5.41, 5.74) is 2.46. The maximum absolute atomic E-state index is 13.4. The minimum absolute atomic E-state index is 0.277. The van der Waals surface area contributed by atoms with Crippen LogP contribution in [0.4, 0.5) is 19.3 Å². The van der Waals surface area contributed by atoms with Gasteiger partial charge in [-0.05, 0) is 37.6 Å². The highest BCUT2D eigenvalue weighted by Gasteiger charge is 2.12. The Labute approximate surface area is 137 Å². The Morgan fingerprint density at radius 3 is 2.50 bits per heavy atom. The van der Waals surface area contributed by atoms with Gasteiger partial charge in [-0.3, -0.25) is 10.1 Å². The highest BCUT2D eigenvalue weighted by molar-refractivity contribution is 6.01. The third kappa shape index (κ3) is 4.77.